The number of hydrogen-bond donors (Lipinski definition) is 3. The smallest absolute Gasteiger partial charge is 0.239 e. The van der Waals surface area contributed by atoms with Gasteiger partial charge in [0.1, 0.15) is 0 Å². The zero-order chi connectivity index (χ0) is 11.5. The predicted octanol–water partition coefficient (Wildman–Crippen LogP) is -0.634. The summed E-state index contributed by atoms with van der Waals surface area (Å²) in [5, 5.41) is 5.42. The topological polar surface area (TPSA) is 84.2 Å². The average molecular weight is 213 g/mol. The molecule has 0 aromatic carbocycles. The molecule has 86 valence electrons. The number of amides is 2. The summed E-state index contributed by atoms with van der Waals surface area (Å²) in [6.45, 7) is 4.19. The molecule has 0 saturated heterocycles. The summed E-state index contributed by atoms with van der Waals surface area (Å²) < 4.78 is 0. The van der Waals surface area contributed by atoms with Gasteiger partial charge in [0.05, 0.1) is 5.54 Å². The fourth-order valence-corrected chi connectivity index (χ4v) is 1.08. The summed E-state index contributed by atoms with van der Waals surface area (Å²) in [6, 6.07) is 0. The number of nitrogens with two attached hydrogens (primary N) is 1. The van der Waals surface area contributed by atoms with Crippen molar-refractivity contribution in [2.45, 2.75) is 32.2 Å². The number of carbonyl (C=O) groups excluding carboxylic acids is 2. The van der Waals surface area contributed by atoms with E-state index in [1.807, 2.05) is 0 Å². The van der Waals surface area contributed by atoms with Gasteiger partial charge in [-0.1, -0.05) is 0 Å². The second kappa shape index (κ2) is 4.61. The molecule has 0 aliphatic heterocycles. The summed E-state index contributed by atoms with van der Waals surface area (Å²) in [5.41, 5.74) is 4.72. The molecule has 0 spiro atoms. The lowest BCUT2D eigenvalue weighted by Crippen LogP contribution is -2.50. The maximum absolute atomic E-state index is 11.3. The Morgan fingerprint density at radius 3 is 2.27 bits per heavy atom. The van der Waals surface area contributed by atoms with Gasteiger partial charge in [-0.2, -0.15) is 0 Å². The van der Waals surface area contributed by atoms with Crippen LogP contribution in [0.15, 0.2) is 0 Å². The van der Waals surface area contributed by atoms with Crippen molar-refractivity contribution in [3.8, 4) is 0 Å². The van der Waals surface area contributed by atoms with Crippen LogP contribution < -0.4 is 16.4 Å². The second-order valence-corrected chi connectivity index (χ2v) is 4.54. The third-order valence-electron chi connectivity index (χ3n) is 2.24. The Morgan fingerprint density at radius 1 is 1.27 bits per heavy atom. The van der Waals surface area contributed by atoms with Gasteiger partial charge in [-0.05, 0) is 26.7 Å². The highest BCUT2D eigenvalue weighted by Gasteiger charge is 2.29. The molecule has 2 amide bonds. The van der Waals surface area contributed by atoms with Crippen LogP contribution in [0.1, 0.15) is 26.7 Å². The van der Waals surface area contributed by atoms with Gasteiger partial charge in [0.15, 0.2) is 0 Å². The molecule has 1 fully saturated rings. The maximum Gasteiger partial charge on any atom is 0.239 e. The van der Waals surface area contributed by atoms with E-state index >= 15 is 0 Å². The second-order valence-electron chi connectivity index (χ2n) is 4.54. The largest absolute Gasteiger partial charge is 0.354 e. The van der Waals surface area contributed by atoms with Crippen LogP contribution in [0.2, 0.25) is 0 Å². The maximum atomic E-state index is 11.3. The summed E-state index contributed by atoms with van der Waals surface area (Å²) in [6.07, 6.45) is 1.99. The van der Waals surface area contributed by atoms with E-state index < -0.39 is 5.54 Å². The number of hydrogen-bond acceptors (Lipinski definition) is 3. The molecule has 0 aromatic rings. The molecule has 0 heterocycles. The van der Waals surface area contributed by atoms with Crippen LogP contribution in [-0.2, 0) is 9.59 Å². The van der Waals surface area contributed by atoms with Crippen molar-refractivity contribution in [2.75, 3.05) is 13.1 Å². The first kappa shape index (κ1) is 12.0. The average Bonchev–Trinajstić information content (AvgIpc) is 2.92. The van der Waals surface area contributed by atoms with E-state index in [-0.39, 0.29) is 17.7 Å². The van der Waals surface area contributed by atoms with Crippen molar-refractivity contribution < 1.29 is 9.59 Å². The van der Waals surface area contributed by atoms with E-state index in [9.17, 15) is 9.59 Å². The zero-order valence-electron chi connectivity index (χ0n) is 9.30. The van der Waals surface area contributed by atoms with Gasteiger partial charge in [-0.3, -0.25) is 9.59 Å². The molecular weight excluding hydrogens is 194 g/mol. The molecule has 0 unspecified atom stereocenters. The van der Waals surface area contributed by atoms with Crippen molar-refractivity contribution in [3.05, 3.63) is 0 Å². The van der Waals surface area contributed by atoms with Gasteiger partial charge < -0.3 is 16.4 Å². The Labute approximate surface area is 89.8 Å². The lowest BCUT2D eigenvalue weighted by molar-refractivity contribution is -0.126. The predicted molar refractivity (Wildman–Crippen MR) is 57.0 cm³/mol. The minimum absolute atomic E-state index is 0.0938. The van der Waals surface area contributed by atoms with Gasteiger partial charge in [-0.25, -0.2) is 0 Å². The molecule has 1 rings (SSSR count). The van der Waals surface area contributed by atoms with E-state index in [1.54, 1.807) is 13.8 Å². The molecule has 0 aromatic heterocycles. The quantitative estimate of drug-likeness (QED) is 0.531. The van der Waals surface area contributed by atoms with E-state index in [1.165, 1.54) is 0 Å². The monoisotopic (exact) mass is 213 g/mol. The van der Waals surface area contributed by atoms with Crippen molar-refractivity contribution in [2.24, 2.45) is 11.7 Å². The first-order chi connectivity index (χ1) is 6.91. The number of carbonyl (C=O) groups is 2. The Balaban J connectivity index is 2.06. The van der Waals surface area contributed by atoms with E-state index in [2.05, 4.69) is 10.6 Å². The summed E-state index contributed by atoms with van der Waals surface area (Å²) in [7, 11) is 0. The van der Waals surface area contributed by atoms with Crippen LogP contribution >= 0.6 is 0 Å². The lowest BCUT2D eigenvalue weighted by atomic mass is 10.1. The van der Waals surface area contributed by atoms with Crippen LogP contribution in [0.25, 0.3) is 0 Å². The normalized spacial score (nSPS) is 15.9. The highest BCUT2D eigenvalue weighted by atomic mass is 16.2. The van der Waals surface area contributed by atoms with Crippen molar-refractivity contribution >= 4 is 11.8 Å². The van der Waals surface area contributed by atoms with E-state index in [0.29, 0.717) is 13.1 Å². The molecular formula is C10H19N3O2. The highest BCUT2D eigenvalue weighted by Crippen LogP contribution is 2.28. The Kier molecular flexibility index (Phi) is 3.68. The first-order valence-electron chi connectivity index (χ1n) is 5.26. The molecule has 4 N–H and O–H groups in total. The van der Waals surface area contributed by atoms with Crippen LogP contribution in [0.4, 0.5) is 0 Å². The summed E-state index contributed by atoms with van der Waals surface area (Å²) in [5.74, 6) is 0.103. The van der Waals surface area contributed by atoms with Gasteiger partial charge >= 0.3 is 0 Å². The van der Waals surface area contributed by atoms with Gasteiger partial charge in [-0.15, -0.1) is 0 Å². The summed E-state index contributed by atoms with van der Waals surface area (Å²) >= 11 is 0. The SMILES string of the molecule is CC(C)(N)C(=O)NCCNC(=O)C1CC1. The number of nitrogens with one attached hydrogen (secondary N) is 2. The van der Waals surface area contributed by atoms with Gasteiger partial charge in [0.25, 0.3) is 0 Å². The fourth-order valence-electron chi connectivity index (χ4n) is 1.08. The molecule has 1 aliphatic rings. The fraction of sp³-hybridized carbons (Fsp3) is 0.800. The van der Waals surface area contributed by atoms with Crippen LogP contribution in [0.5, 0.6) is 0 Å². The molecule has 0 atom stereocenters. The Hall–Kier alpha value is -1.10. The van der Waals surface area contributed by atoms with Crippen LogP contribution in [0, 0.1) is 5.92 Å². The van der Waals surface area contributed by atoms with Crippen LogP contribution in [-0.4, -0.2) is 30.4 Å². The Morgan fingerprint density at radius 2 is 1.80 bits per heavy atom. The lowest BCUT2D eigenvalue weighted by Gasteiger charge is -2.17. The van der Waals surface area contributed by atoms with Gasteiger partial charge in [0.2, 0.25) is 11.8 Å². The van der Waals surface area contributed by atoms with Crippen LogP contribution in [0.3, 0.4) is 0 Å². The highest BCUT2D eigenvalue weighted by molar-refractivity contribution is 5.85. The molecule has 15 heavy (non-hydrogen) atoms. The molecule has 1 saturated carbocycles. The molecule has 0 radical (unpaired) electrons. The minimum Gasteiger partial charge on any atom is -0.354 e. The molecule has 5 heteroatoms. The Bertz CT molecular complexity index is 254. The summed E-state index contributed by atoms with van der Waals surface area (Å²) in [4.78, 5) is 22.5. The number of rotatable bonds is 5. The van der Waals surface area contributed by atoms with E-state index in [0.717, 1.165) is 12.8 Å². The minimum atomic E-state index is -0.861. The molecule has 5 nitrogen and oxygen atoms in total. The third-order valence-corrected chi connectivity index (χ3v) is 2.24. The zero-order valence-corrected chi connectivity index (χ0v) is 9.30. The van der Waals surface area contributed by atoms with Crippen molar-refractivity contribution in [1.82, 2.24) is 10.6 Å². The molecule has 1 aliphatic carbocycles. The standard InChI is InChI=1S/C10H19N3O2/c1-10(2,11)9(15)13-6-5-12-8(14)7-3-4-7/h7H,3-6,11H2,1-2H3,(H,12,14)(H,13,15). The third kappa shape index (κ3) is 4.29. The molecule has 0 bridgehead atoms. The van der Waals surface area contributed by atoms with E-state index in [4.69, 9.17) is 5.73 Å². The van der Waals surface area contributed by atoms with Gasteiger partial charge in [0, 0.05) is 19.0 Å². The first-order valence-corrected chi connectivity index (χ1v) is 5.26. The van der Waals surface area contributed by atoms with Crippen molar-refractivity contribution in [1.29, 1.82) is 0 Å². The van der Waals surface area contributed by atoms with Crippen molar-refractivity contribution in [3.63, 3.8) is 0 Å².